The van der Waals surface area contributed by atoms with E-state index in [-0.39, 0.29) is 5.91 Å². The lowest BCUT2D eigenvalue weighted by Gasteiger charge is -2.14. The van der Waals surface area contributed by atoms with Gasteiger partial charge in [-0.2, -0.15) is 5.10 Å². The third kappa shape index (κ3) is 6.83. The molecule has 8 heteroatoms. The second-order valence-electron chi connectivity index (χ2n) is 8.89. The number of carbonyl (C=O) groups is 1. The van der Waals surface area contributed by atoms with Crippen LogP contribution < -0.4 is 4.74 Å². The molecule has 1 amide bonds. The highest BCUT2D eigenvalue weighted by molar-refractivity contribution is 8.26. The van der Waals surface area contributed by atoms with E-state index in [1.54, 1.807) is 4.90 Å². The van der Waals surface area contributed by atoms with E-state index in [9.17, 15) is 4.79 Å². The number of thioether (sulfide) groups is 1. The molecule has 0 N–H and O–H groups in total. The van der Waals surface area contributed by atoms with E-state index in [1.807, 2.05) is 72.4 Å². The Kier molecular flexibility index (Phi) is 9.83. The van der Waals surface area contributed by atoms with Crippen LogP contribution in [0.5, 0.6) is 5.75 Å². The number of halogens is 1. The number of unbranched alkanes of at least 4 members (excludes halogenated alkanes) is 5. The molecular weight excluding hydrogens is 522 g/mol. The largest absolute Gasteiger partial charge is 0.492 e. The summed E-state index contributed by atoms with van der Waals surface area (Å²) in [4.78, 5) is 15.6. The fourth-order valence-corrected chi connectivity index (χ4v) is 5.77. The Balaban J connectivity index is 1.61. The van der Waals surface area contributed by atoms with Crippen LogP contribution >= 0.6 is 35.6 Å². The molecule has 37 heavy (non-hydrogen) atoms. The van der Waals surface area contributed by atoms with Crippen molar-refractivity contribution in [1.82, 2.24) is 14.7 Å². The quantitative estimate of drug-likeness (QED) is 0.129. The Labute approximate surface area is 233 Å². The number of aromatic nitrogens is 2. The van der Waals surface area contributed by atoms with E-state index in [0.717, 1.165) is 35.3 Å². The van der Waals surface area contributed by atoms with Crippen LogP contribution in [-0.2, 0) is 4.79 Å². The predicted octanol–water partition coefficient (Wildman–Crippen LogP) is 8.15. The average molecular weight is 554 g/mol. The average Bonchev–Trinajstić information content (AvgIpc) is 3.44. The molecule has 0 aliphatic carbocycles. The Hall–Kier alpha value is -2.61. The highest BCUT2D eigenvalue weighted by Crippen LogP contribution is 2.36. The highest BCUT2D eigenvalue weighted by Gasteiger charge is 2.32. The van der Waals surface area contributed by atoms with Crippen molar-refractivity contribution in [2.24, 2.45) is 0 Å². The van der Waals surface area contributed by atoms with Gasteiger partial charge in [0.25, 0.3) is 5.91 Å². The maximum Gasteiger partial charge on any atom is 0.266 e. The zero-order valence-corrected chi connectivity index (χ0v) is 23.7. The number of hydrogen-bond donors (Lipinski definition) is 0. The normalized spacial score (nSPS) is 14.7. The second-order valence-corrected chi connectivity index (χ2v) is 11.0. The monoisotopic (exact) mass is 553 g/mol. The Bertz CT molecular complexity index is 1270. The lowest BCUT2D eigenvalue weighted by molar-refractivity contribution is -0.122. The number of rotatable bonds is 12. The predicted molar refractivity (Wildman–Crippen MR) is 158 cm³/mol. The minimum absolute atomic E-state index is 0.0355. The van der Waals surface area contributed by atoms with Gasteiger partial charge < -0.3 is 4.74 Å². The van der Waals surface area contributed by atoms with Gasteiger partial charge in [0, 0.05) is 23.9 Å². The Morgan fingerprint density at radius 3 is 2.54 bits per heavy atom. The Morgan fingerprint density at radius 1 is 1.05 bits per heavy atom. The maximum absolute atomic E-state index is 13.3. The fraction of sp³-hybridized carbons (Fsp3) is 0.345. The molecule has 0 atom stereocenters. The Morgan fingerprint density at radius 2 is 1.81 bits per heavy atom. The summed E-state index contributed by atoms with van der Waals surface area (Å²) in [6.45, 7) is 5.34. The van der Waals surface area contributed by atoms with E-state index < -0.39 is 0 Å². The molecule has 0 saturated carbocycles. The molecule has 2 aromatic carbocycles. The zero-order chi connectivity index (χ0) is 26.2. The molecular formula is C29H32ClN3O2S2. The lowest BCUT2D eigenvalue weighted by atomic mass is 10.1. The summed E-state index contributed by atoms with van der Waals surface area (Å²) in [6.07, 6.45) is 10.9. The third-order valence-corrected chi connectivity index (χ3v) is 7.84. The van der Waals surface area contributed by atoms with Crippen molar-refractivity contribution in [2.75, 3.05) is 13.2 Å². The fourth-order valence-electron chi connectivity index (χ4n) is 4.24. The lowest BCUT2D eigenvalue weighted by Crippen LogP contribution is -2.29. The molecule has 0 radical (unpaired) electrons. The standard InChI is InChI=1S/C29H32ClN3O2S2/c1-3-5-6-7-8-12-17-32-28(34)26(37-29(32)36)19-22-20-33(23-13-10-9-11-14-23)31-27(22)21-15-16-25(35-4-2)24(30)18-21/h9-11,13-16,18-20H,3-8,12,17H2,1-2H3. The van der Waals surface area contributed by atoms with Crippen LogP contribution in [0.4, 0.5) is 0 Å². The number of nitrogens with zero attached hydrogens (tertiary/aromatic N) is 3. The second kappa shape index (κ2) is 13.3. The molecule has 1 saturated heterocycles. The van der Waals surface area contributed by atoms with Crippen molar-refractivity contribution in [3.05, 3.63) is 70.2 Å². The molecule has 2 heterocycles. The smallest absolute Gasteiger partial charge is 0.266 e. The zero-order valence-electron chi connectivity index (χ0n) is 21.3. The van der Waals surface area contributed by atoms with Crippen molar-refractivity contribution in [2.45, 2.75) is 52.4 Å². The summed E-state index contributed by atoms with van der Waals surface area (Å²) >= 11 is 13.4. The van der Waals surface area contributed by atoms with E-state index in [0.29, 0.717) is 33.1 Å². The SMILES string of the molecule is CCCCCCCCN1C(=O)C(=Cc2cn(-c3ccccc3)nc2-c2ccc(OCC)c(Cl)c2)SC1=S. The summed E-state index contributed by atoms with van der Waals surface area (Å²) < 4.78 is 8.04. The van der Waals surface area contributed by atoms with Gasteiger partial charge in [-0.25, -0.2) is 4.68 Å². The van der Waals surface area contributed by atoms with Crippen LogP contribution in [0.15, 0.2) is 59.6 Å². The first-order valence-corrected chi connectivity index (χ1v) is 14.4. The summed E-state index contributed by atoms with van der Waals surface area (Å²) in [5, 5.41) is 5.38. The number of carbonyl (C=O) groups excluding carboxylic acids is 1. The van der Waals surface area contributed by atoms with Crippen molar-refractivity contribution < 1.29 is 9.53 Å². The summed E-state index contributed by atoms with van der Waals surface area (Å²) in [5.74, 6) is 0.596. The van der Waals surface area contributed by atoms with E-state index >= 15 is 0 Å². The molecule has 0 unspecified atom stereocenters. The van der Waals surface area contributed by atoms with E-state index in [4.69, 9.17) is 33.7 Å². The number of ether oxygens (including phenoxy) is 1. The van der Waals surface area contributed by atoms with Gasteiger partial charge in [-0.15, -0.1) is 0 Å². The van der Waals surface area contributed by atoms with Gasteiger partial charge in [-0.05, 0) is 49.8 Å². The van der Waals surface area contributed by atoms with Gasteiger partial charge in [-0.3, -0.25) is 9.69 Å². The molecule has 194 valence electrons. The highest BCUT2D eigenvalue weighted by atomic mass is 35.5. The number of thiocarbonyl (C=S) groups is 1. The number of benzene rings is 2. The van der Waals surface area contributed by atoms with Gasteiger partial charge >= 0.3 is 0 Å². The van der Waals surface area contributed by atoms with E-state index in [1.165, 1.54) is 37.4 Å². The van der Waals surface area contributed by atoms with Gasteiger partial charge in [0.1, 0.15) is 15.8 Å². The first-order chi connectivity index (χ1) is 18.0. The minimum Gasteiger partial charge on any atom is -0.492 e. The van der Waals surface area contributed by atoms with Gasteiger partial charge in [0.15, 0.2) is 0 Å². The number of hydrogen-bond acceptors (Lipinski definition) is 5. The molecule has 1 aliphatic heterocycles. The van der Waals surface area contributed by atoms with E-state index in [2.05, 4.69) is 6.92 Å². The van der Waals surface area contributed by atoms with Crippen LogP contribution in [0.3, 0.4) is 0 Å². The molecule has 0 spiro atoms. The number of para-hydroxylation sites is 1. The van der Waals surface area contributed by atoms with Gasteiger partial charge in [-0.1, -0.05) is 92.8 Å². The molecule has 0 bridgehead atoms. The van der Waals surface area contributed by atoms with Crippen LogP contribution in [0.1, 0.15) is 57.9 Å². The van der Waals surface area contributed by atoms with Crippen molar-refractivity contribution >= 4 is 51.9 Å². The van der Waals surface area contributed by atoms with Crippen molar-refractivity contribution in [3.63, 3.8) is 0 Å². The minimum atomic E-state index is -0.0355. The topological polar surface area (TPSA) is 47.4 Å². The molecule has 1 aromatic heterocycles. The van der Waals surface area contributed by atoms with Crippen molar-refractivity contribution in [1.29, 1.82) is 0 Å². The summed E-state index contributed by atoms with van der Waals surface area (Å²) in [5.41, 5.74) is 3.33. The number of amides is 1. The molecule has 5 nitrogen and oxygen atoms in total. The molecule has 1 fully saturated rings. The van der Waals surface area contributed by atoms with Crippen LogP contribution in [-0.4, -0.2) is 38.1 Å². The first kappa shape index (κ1) is 27.4. The van der Waals surface area contributed by atoms with Crippen molar-refractivity contribution in [3.8, 4) is 22.7 Å². The van der Waals surface area contributed by atoms with Crippen LogP contribution in [0.2, 0.25) is 5.02 Å². The molecule has 4 rings (SSSR count). The van der Waals surface area contributed by atoms with Gasteiger partial charge in [0.05, 0.1) is 22.2 Å². The van der Waals surface area contributed by atoms with Crippen LogP contribution in [0, 0.1) is 0 Å². The maximum atomic E-state index is 13.3. The molecule has 1 aliphatic rings. The summed E-state index contributed by atoms with van der Waals surface area (Å²) in [7, 11) is 0. The summed E-state index contributed by atoms with van der Waals surface area (Å²) in [6, 6.07) is 15.5. The van der Waals surface area contributed by atoms with Gasteiger partial charge in [0.2, 0.25) is 0 Å². The third-order valence-electron chi connectivity index (χ3n) is 6.16. The molecule has 3 aromatic rings. The van der Waals surface area contributed by atoms with Crippen LogP contribution in [0.25, 0.3) is 23.0 Å². The first-order valence-electron chi connectivity index (χ1n) is 12.8.